The van der Waals surface area contributed by atoms with Crippen LogP contribution < -0.4 is 10.9 Å². The van der Waals surface area contributed by atoms with Crippen LogP contribution in [0.4, 0.5) is 0 Å². The Morgan fingerprint density at radius 3 is 2.68 bits per heavy atom. The lowest BCUT2D eigenvalue weighted by Crippen LogP contribution is -2.34. The van der Waals surface area contributed by atoms with Crippen LogP contribution >= 0.6 is 11.3 Å². The number of thiophene rings is 1. The summed E-state index contributed by atoms with van der Waals surface area (Å²) in [6.45, 7) is 2.10. The summed E-state index contributed by atoms with van der Waals surface area (Å²) >= 11 is 1.57. The third-order valence-corrected chi connectivity index (χ3v) is 5.62. The van der Waals surface area contributed by atoms with Gasteiger partial charge in [-0.05, 0) is 41.1 Å². The Morgan fingerprint density at radius 1 is 1.14 bits per heavy atom. The lowest BCUT2D eigenvalue weighted by molar-refractivity contribution is 0.0941. The van der Waals surface area contributed by atoms with Gasteiger partial charge in [0.15, 0.2) is 0 Å². The topological polar surface area (TPSA) is 63.5 Å². The summed E-state index contributed by atoms with van der Waals surface area (Å²) in [6, 6.07) is 17.0. The van der Waals surface area contributed by atoms with E-state index in [1.807, 2.05) is 29.6 Å². The molecule has 0 aliphatic heterocycles. The Bertz CT molecular complexity index is 1160. The number of aryl methyl sites for hydroxylation is 1. The Labute approximate surface area is 166 Å². The van der Waals surface area contributed by atoms with Crippen LogP contribution in [0.3, 0.4) is 0 Å². The molecule has 0 spiro atoms. The van der Waals surface area contributed by atoms with E-state index in [9.17, 15) is 9.59 Å². The molecule has 6 heteroatoms. The van der Waals surface area contributed by atoms with Gasteiger partial charge in [0.2, 0.25) is 0 Å². The van der Waals surface area contributed by atoms with Gasteiger partial charge in [0.25, 0.3) is 11.5 Å². The summed E-state index contributed by atoms with van der Waals surface area (Å²) in [5.41, 5.74) is 2.36. The standard InChI is InChI=1S/C22H19N3O2S/c1-2-15-8-10-16(11-9-15)20(18-6-5-13-28-18)24-21(26)17-14-23-19-7-3-4-12-25(19)22(17)27/h3-14,20H,2H2,1H3,(H,24,26). The van der Waals surface area contributed by atoms with E-state index >= 15 is 0 Å². The first kappa shape index (κ1) is 18.1. The van der Waals surface area contributed by atoms with E-state index in [1.165, 1.54) is 16.2 Å². The first-order valence-electron chi connectivity index (χ1n) is 9.07. The van der Waals surface area contributed by atoms with E-state index in [2.05, 4.69) is 29.4 Å². The largest absolute Gasteiger partial charge is 0.340 e. The van der Waals surface area contributed by atoms with Crippen molar-refractivity contribution in [3.05, 3.63) is 104 Å². The molecule has 0 bridgehead atoms. The molecule has 5 nitrogen and oxygen atoms in total. The van der Waals surface area contributed by atoms with Gasteiger partial charge in [-0.3, -0.25) is 14.0 Å². The fourth-order valence-corrected chi connectivity index (χ4v) is 3.91. The van der Waals surface area contributed by atoms with Gasteiger partial charge in [0.1, 0.15) is 11.2 Å². The van der Waals surface area contributed by atoms with Crippen LogP contribution in [0.25, 0.3) is 5.65 Å². The molecule has 0 fully saturated rings. The van der Waals surface area contributed by atoms with Crippen LogP contribution in [-0.2, 0) is 6.42 Å². The molecule has 1 unspecified atom stereocenters. The molecule has 0 aliphatic rings. The quantitative estimate of drug-likeness (QED) is 0.564. The fraction of sp³-hybridized carbons (Fsp3) is 0.136. The van der Waals surface area contributed by atoms with Crippen molar-refractivity contribution in [1.82, 2.24) is 14.7 Å². The van der Waals surface area contributed by atoms with Crippen LogP contribution in [0.2, 0.25) is 0 Å². The summed E-state index contributed by atoms with van der Waals surface area (Å²) in [7, 11) is 0. The molecule has 1 amide bonds. The number of nitrogens with one attached hydrogen (secondary N) is 1. The number of fused-ring (bicyclic) bond motifs is 1. The first-order valence-corrected chi connectivity index (χ1v) is 9.95. The van der Waals surface area contributed by atoms with Crippen molar-refractivity contribution < 1.29 is 4.79 Å². The number of rotatable bonds is 5. The fourth-order valence-electron chi connectivity index (χ4n) is 3.11. The van der Waals surface area contributed by atoms with Crippen LogP contribution in [0.1, 0.15) is 39.3 Å². The van der Waals surface area contributed by atoms with Crippen molar-refractivity contribution in [2.45, 2.75) is 19.4 Å². The van der Waals surface area contributed by atoms with Gasteiger partial charge in [0.05, 0.1) is 6.04 Å². The molecular formula is C22H19N3O2S. The van der Waals surface area contributed by atoms with Crippen LogP contribution in [0.5, 0.6) is 0 Å². The zero-order valence-corrected chi connectivity index (χ0v) is 16.1. The Hall–Kier alpha value is -3.25. The number of carbonyl (C=O) groups is 1. The monoisotopic (exact) mass is 389 g/mol. The summed E-state index contributed by atoms with van der Waals surface area (Å²) in [5, 5.41) is 4.99. The molecule has 0 aliphatic carbocycles. The van der Waals surface area contributed by atoms with Gasteiger partial charge in [-0.1, -0.05) is 43.3 Å². The molecule has 0 radical (unpaired) electrons. The molecule has 3 heterocycles. The molecular weight excluding hydrogens is 370 g/mol. The lowest BCUT2D eigenvalue weighted by Gasteiger charge is -2.18. The van der Waals surface area contributed by atoms with Gasteiger partial charge < -0.3 is 5.32 Å². The summed E-state index contributed by atoms with van der Waals surface area (Å²) in [6.07, 6.45) is 3.91. The number of nitrogens with zero attached hydrogens (tertiary/aromatic N) is 2. The first-order chi connectivity index (χ1) is 13.7. The molecule has 0 saturated carbocycles. The molecule has 4 aromatic rings. The lowest BCUT2D eigenvalue weighted by atomic mass is 10.0. The van der Waals surface area contributed by atoms with Crippen molar-refractivity contribution in [1.29, 1.82) is 0 Å². The smallest absolute Gasteiger partial charge is 0.270 e. The van der Waals surface area contributed by atoms with Crippen LogP contribution in [0.15, 0.2) is 77.2 Å². The molecule has 3 aromatic heterocycles. The maximum absolute atomic E-state index is 13.0. The summed E-state index contributed by atoms with van der Waals surface area (Å²) in [5.74, 6) is -0.436. The van der Waals surface area contributed by atoms with Crippen LogP contribution in [0, 0.1) is 0 Å². The minimum Gasteiger partial charge on any atom is -0.340 e. The molecule has 4 rings (SSSR count). The highest BCUT2D eigenvalue weighted by Gasteiger charge is 2.21. The highest BCUT2D eigenvalue weighted by atomic mass is 32.1. The zero-order valence-electron chi connectivity index (χ0n) is 15.3. The van der Waals surface area contributed by atoms with Crippen molar-refractivity contribution in [3.63, 3.8) is 0 Å². The van der Waals surface area contributed by atoms with E-state index in [0.717, 1.165) is 16.9 Å². The average molecular weight is 389 g/mol. The minimum atomic E-state index is -0.436. The second kappa shape index (κ2) is 7.78. The summed E-state index contributed by atoms with van der Waals surface area (Å²) < 4.78 is 1.38. The predicted octanol–water partition coefficient (Wildman–Crippen LogP) is 3.84. The second-order valence-electron chi connectivity index (χ2n) is 6.42. The summed E-state index contributed by atoms with van der Waals surface area (Å²) in [4.78, 5) is 30.9. The molecule has 28 heavy (non-hydrogen) atoms. The third kappa shape index (κ3) is 3.46. The SMILES string of the molecule is CCc1ccc(C(NC(=O)c2cnc3ccccn3c2=O)c2cccs2)cc1. The number of pyridine rings is 1. The van der Waals surface area contributed by atoms with Crippen molar-refractivity contribution in [2.24, 2.45) is 0 Å². The minimum absolute atomic E-state index is 0.0236. The number of amides is 1. The van der Waals surface area contributed by atoms with E-state index < -0.39 is 5.91 Å². The maximum Gasteiger partial charge on any atom is 0.270 e. The molecule has 140 valence electrons. The van der Waals surface area contributed by atoms with E-state index in [1.54, 1.807) is 35.7 Å². The van der Waals surface area contributed by atoms with Gasteiger partial charge in [-0.25, -0.2) is 4.98 Å². The normalized spacial score (nSPS) is 12.0. The Morgan fingerprint density at radius 2 is 1.96 bits per heavy atom. The van der Waals surface area contributed by atoms with Gasteiger partial charge in [0, 0.05) is 17.3 Å². The van der Waals surface area contributed by atoms with Crippen molar-refractivity contribution >= 4 is 22.9 Å². The molecule has 1 atom stereocenters. The van der Waals surface area contributed by atoms with E-state index in [0.29, 0.717) is 5.65 Å². The number of benzene rings is 1. The van der Waals surface area contributed by atoms with E-state index in [-0.39, 0.29) is 17.2 Å². The van der Waals surface area contributed by atoms with Gasteiger partial charge in [-0.2, -0.15) is 0 Å². The van der Waals surface area contributed by atoms with Crippen LogP contribution in [-0.4, -0.2) is 15.3 Å². The Kier molecular flexibility index (Phi) is 5.04. The molecule has 1 aromatic carbocycles. The second-order valence-corrected chi connectivity index (χ2v) is 7.40. The Balaban J connectivity index is 1.70. The maximum atomic E-state index is 13.0. The van der Waals surface area contributed by atoms with Crippen molar-refractivity contribution in [2.75, 3.05) is 0 Å². The number of hydrogen-bond donors (Lipinski definition) is 1. The zero-order chi connectivity index (χ0) is 19.5. The van der Waals surface area contributed by atoms with Crippen molar-refractivity contribution in [3.8, 4) is 0 Å². The number of aromatic nitrogens is 2. The number of carbonyl (C=O) groups excluding carboxylic acids is 1. The predicted molar refractivity (Wildman–Crippen MR) is 111 cm³/mol. The van der Waals surface area contributed by atoms with Gasteiger partial charge >= 0.3 is 0 Å². The highest BCUT2D eigenvalue weighted by Crippen LogP contribution is 2.26. The number of hydrogen-bond acceptors (Lipinski definition) is 4. The van der Waals surface area contributed by atoms with Gasteiger partial charge in [-0.15, -0.1) is 11.3 Å². The third-order valence-electron chi connectivity index (χ3n) is 4.68. The van der Waals surface area contributed by atoms with E-state index in [4.69, 9.17) is 0 Å². The molecule has 0 saturated heterocycles. The highest BCUT2D eigenvalue weighted by molar-refractivity contribution is 7.10. The molecule has 1 N–H and O–H groups in total. The average Bonchev–Trinajstić information content (AvgIpc) is 3.27.